The number of amides is 1. The number of carbonyl (C=O) groups is 1. The van der Waals surface area contributed by atoms with Crippen molar-refractivity contribution in [3.05, 3.63) is 58.6 Å². The van der Waals surface area contributed by atoms with Gasteiger partial charge in [0.05, 0.1) is 23.4 Å². The summed E-state index contributed by atoms with van der Waals surface area (Å²) in [5.41, 5.74) is 7.95. The second-order valence-corrected chi connectivity index (χ2v) is 7.38. The van der Waals surface area contributed by atoms with Crippen LogP contribution in [-0.4, -0.2) is 44.1 Å². The summed E-state index contributed by atoms with van der Waals surface area (Å²) in [5, 5.41) is 3.37. The predicted molar refractivity (Wildman–Crippen MR) is 124 cm³/mol. The Labute approximate surface area is 189 Å². The van der Waals surface area contributed by atoms with E-state index in [-0.39, 0.29) is 30.7 Å². The molecule has 1 fully saturated rings. The smallest absolute Gasteiger partial charge is 0.255 e. The van der Waals surface area contributed by atoms with Crippen LogP contribution in [0, 0.1) is 5.92 Å². The van der Waals surface area contributed by atoms with Crippen LogP contribution in [0.5, 0.6) is 5.75 Å². The van der Waals surface area contributed by atoms with Gasteiger partial charge in [0, 0.05) is 25.7 Å². The number of halogens is 3. The fourth-order valence-corrected chi connectivity index (χ4v) is 3.63. The molecular weight excluding hydrogens is 433 g/mol. The minimum absolute atomic E-state index is 0. The van der Waals surface area contributed by atoms with Crippen molar-refractivity contribution < 1.29 is 9.53 Å². The van der Waals surface area contributed by atoms with Gasteiger partial charge in [0.1, 0.15) is 5.75 Å². The maximum Gasteiger partial charge on any atom is 0.255 e. The number of carbonyl (C=O) groups excluding carboxylic acids is 1. The molecule has 3 N–H and O–H groups in total. The summed E-state index contributed by atoms with van der Waals surface area (Å²) in [4.78, 5) is 15.0. The highest BCUT2D eigenvalue weighted by atomic mass is 35.5. The molecule has 0 spiro atoms. The van der Waals surface area contributed by atoms with Crippen molar-refractivity contribution >= 4 is 48.0 Å². The van der Waals surface area contributed by atoms with Gasteiger partial charge in [0.25, 0.3) is 5.91 Å². The van der Waals surface area contributed by atoms with E-state index in [2.05, 4.69) is 34.5 Å². The van der Waals surface area contributed by atoms with Gasteiger partial charge >= 0.3 is 0 Å². The van der Waals surface area contributed by atoms with Crippen LogP contribution in [0.4, 0.5) is 5.69 Å². The number of ether oxygens (including phenoxy) is 1. The summed E-state index contributed by atoms with van der Waals surface area (Å²) in [5.74, 6) is 0.710. The summed E-state index contributed by atoms with van der Waals surface area (Å²) in [6.07, 6.45) is 2.15. The van der Waals surface area contributed by atoms with Crippen molar-refractivity contribution in [2.75, 3.05) is 39.0 Å². The summed E-state index contributed by atoms with van der Waals surface area (Å²) < 4.78 is 5.26. The lowest BCUT2D eigenvalue weighted by molar-refractivity contribution is 0.0944. The van der Waals surface area contributed by atoms with E-state index in [0.717, 1.165) is 32.5 Å². The minimum atomic E-state index is -0.184. The molecule has 29 heavy (non-hydrogen) atoms. The third kappa shape index (κ3) is 6.96. The van der Waals surface area contributed by atoms with E-state index in [0.29, 0.717) is 34.5 Å². The molecule has 0 saturated carbocycles. The van der Waals surface area contributed by atoms with Crippen molar-refractivity contribution in [1.29, 1.82) is 0 Å². The molecule has 0 aliphatic carbocycles. The lowest BCUT2D eigenvalue weighted by Gasteiger charge is -2.17. The number of anilines is 1. The number of nitrogens with zero attached hydrogens (tertiary/aromatic N) is 1. The van der Waals surface area contributed by atoms with Crippen LogP contribution < -0.4 is 15.8 Å². The molecular formula is C21H28Cl3N3O2. The molecule has 1 amide bonds. The molecule has 3 rings (SSSR count). The first-order valence-electron chi connectivity index (χ1n) is 9.24. The van der Waals surface area contributed by atoms with Gasteiger partial charge in [-0.25, -0.2) is 0 Å². The molecule has 160 valence electrons. The van der Waals surface area contributed by atoms with Crippen LogP contribution in [0.15, 0.2) is 42.5 Å². The fraction of sp³-hybridized carbons (Fsp3) is 0.381. The van der Waals surface area contributed by atoms with Crippen molar-refractivity contribution in [3.63, 3.8) is 0 Å². The fourth-order valence-electron chi connectivity index (χ4n) is 3.46. The van der Waals surface area contributed by atoms with E-state index in [1.165, 1.54) is 12.7 Å². The Morgan fingerprint density at radius 2 is 2.00 bits per heavy atom. The molecule has 2 aromatic carbocycles. The van der Waals surface area contributed by atoms with Crippen molar-refractivity contribution in [3.8, 4) is 5.75 Å². The standard InChI is InChI=1S/C21H26ClN3O2.2ClH/c1-27-20-12-19(23)18(22)11-17(20)21(26)24-13-16-8-10-25(14-16)9-7-15-5-3-2-4-6-15;;/h2-6,11-12,16H,7-10,13-14,23H2,1H3,(H,24,26);2*1H. The van der Waals surface area contributed by atoms with Crippen LogP contribution >= 0.6 is 36.4 Å². The normalized spacial score (nSPS) is 15.9. The van der Waals surface area contributed by atoms with Gasteiger partial charge in [-0.05, 0) is 36.9 Å². The number of benzene rings is 2. The highest BCUT2D eigenvalue weighted by Gasteiger charge is 2.23. The molecule has 1 heterocycles. The monoisotopic (exact) mass is 459 g/mol. The van der Waals surface area contributed by atoms with Crippen molar-refractivity contribution in [1.82, 2.24) is 10.2 Å². The Morgan fingerprint density at radius 1 is 1.28 bits per heavy atom. The highest BCUT2D eigenvalue weighted by molar-refractivity contribution is 6.33. The lowest BCUT2D eigenvalue weighted by atomic mass is 10.1. The number of methoxy groups -OCH3 is 1. The van der Waals surface area contributed by atoms with Gasteiger partial charge in [-0.15, -0.1) is 24.8 Å². The first-order chi connectivity index (χ1) is 13.1. The average molecular weight is 461 g/mol. The van der Waals surface area contributed by atoms with E-state index >= 15 is 0 Å². The number of hydrogen-bond donors (Lipinski definition) is 2. The Hall–Kier alpha value is -1.66. The van der Waals surface area contributed by atoms with Crippen LogP contribution in [0.2, 0.25) is 5.02 Å². The van der Waals surface area contributed by atoms with Gasteiger partial charge in [-0.1, -0.05) is 41.9 Å². The van der Waals surface area contributed by atoms with Crippen LogP contribution in [0.3, 0.4) is 0 Å². The van der Waals surface area contributed by atoms with E-state index in [9.17, 15) is 4.79 Å². The summed E-state index contributed by atoms with van der Waals surface area (Å²) in [6, 6.07) is 13.7. The number of nitrogens with two attached hydrogens (primary N) is 1. The molecule has 2 aromatic rings. The van der Waals surface area contributed by atoms with Crippen molar-refractivity contribution in [2.24, 2.45) is 5.92 Å². The average Bonchev–Trinajstić information content (AvgIpc) is 3.15. The molecule has 1 saturated heterocycles. The van der Waals surface area contributed by atoms with Crippen LogP contribution in [-0.2, 0) is 6.42 Å². The first-order valence-corrected chi connectivity index (χ1v) is 9.62. The number of nitrogen functional groups attached to an aromatic ring is 1. The SMILES string of the molecule is COc1cc(N)c(Cl)cc1C(=O)NCC1CCN(CCc2ccccc2)C1.Cl.Cl. The Bertz CT molecular complexity index is 790. The number of nitrogens with one attached hydrogen (secondary N) is 1. The summed E-state index contributed by atoms with van der Waals surface area (Å²) >= 11 is 6.05. The molecule has 1 unspecified atom stereocenters. The Balaban J connectivity index is 0.00000210. The highest BCUT2D eigenvalue weighted by Crippen LogP contribution is 2.28. The van der Waals surface area contributed by atoms with Crippen molar-refractivity contribution in [2.45, 2.75) is 12.8 Å². The van der Waals surface area contributed by atoms with E-state index < -0.39 is 0 Å². The second-order valence-electron chi connectivity index (χ2n) is 6.97. The van der Waals surface area contributed by atoms with Gasteiger partial charge in [-0.3, -0.25) is 4.79 Å². The van der Waals surface area contributed by atoms with Gasteiger partial charge in [0.15, 0.2) is 0 Å². The lowest BCUT2D eigenvalue weighted by Crippen LogP contribution is -2.31. The molecule has 0 radical (unpaired) electrons. The third-order valence-electron chi connectivity index (χ3n) is 5.04. The molecule has 5 nitrogen and oxygen atoms in total. The van der Waals surface area contributed by atoms with Crippen LogP contribution in [0.1, 0.15) is 22.3 Å². The van der Waals surface area contributed by atoms with E-state index in [1.807, 2.05) is 6.07 Å². The Morgan fingerprint density at radius 3 is 2.69 bits per heavy atom. The molecule has 0 bridgehead atoms. The Kier molecular flexibility index (Phi) is 10.6. The van der Waals surface area contributed by atoms with Gasteiger partial charge < -0.3 is 20.7 Å². The van der Waals surface area contributed by atoms with Gasteiger partial charge in [-0.2, -0.15) is 0 Å². The zero-order chi connectivity index (χ0) is 19.2. The maximum absolute atomic E-state index is 12.5. The quantitative estimate of drug-likeness (QED) is 0.611. The molecule has 1 atom stereocenters. The number of rotatable bonds is 7. The number of hydrogen-bond acceptors (Lipinski definition) is 4. The summed E-state index contributed by atoms with van der Waals surface area (Å²) in [7, 11) is 1.51. The first kappa shape index (κ1) is 25.4. The van der Waals surface area contributed by atoms with Gasteiger partial charge in [0.2, 0.25) is 0 Å². The largest absolute Gasteiger partial charge is 0.496 e. The molecule has 1 aliphatic rings. The third-order valence-corrected chi connectivity index (χ3v) is 5.37. The zero-order valence-corrected chi connectivity index (χ0v) is 18.8. The maximum atomic E-state index is 12.5. The van der Waals surface area contributed by atoms with E-state index in [4.69, 9.17) is 22.1 Å². The topological polar surface area (TPSA) is 67.6 Å². The minimum Gasteiger partial charge on any atom is -0.496 e. The second kappa shape index (κ2) is 12.1. The van der Waals surface area contributed by atoms with E-state index in [1.54, 1.807) is 12.1 Å². The van der Waals surface area contributed by atoms with Crippen LogP contribution in [0.25, 0.3) is 0 Å². The zero-order valence-electron chi connectivity index (χ0n) is 16.4. The summed E-state index contributed by atoms with van der Waals surface area (Å²) in [6.45, 7) is 3.78. The molecule has 0 aromatic heterocycles. The molecule has 1 aliphatic heterocycles. The predicted octanol–water partition coefficient (Wildman–Crippen LogP) is 4.07. The number of likely N-dealkylation sites (tertiary alicyclic amines) is 1. The molecule has 8 heteroatoms.